The predicted molar refractivity (Wildman–Crippen MR) is 95.8 cm³/mol. The van der Waals surface area contributed by atoms with Crippen molar-refractivity contribution >= 4 is 17.9 Å². The monoisotopic (exact) mass is 624 g/mol. The van der Waals surface area contributed by atoms with Crippen molar-refractivity contribution in [3.05, 3.63) is 49.0 Å². The molecule has 2 heterocycles. The molecule has 0 radical (unpaired) electrons. The molecule has 3 rings (SSSR count). The number of halogens is 1. The van der Waals surface area contributed by atoms with Crippen molar-refractivity contribution in [3.8, 4) is 5.75 Å². The first-order valence-electron chi connectivity index (χ1n) is 8.36. The molecule has 10 heteroatoms. The van der Waals surface area contributed by atoms with Gasteiger partial charge in [-0.1, -0.05) is 6.07 Å². The van der Waals surface area contributed by atoms with Crippen LogP contribution in [0.4, 0.5) is 21.0 Å². The van der Waals surface area contributed by atoms with E-state index in [4.69, 9.17) is 4.74 Å². The van der Waals surface area contributed by atoms with Gasteiger partial charge in [-0.05, 0) is 37.6 Å². The molecular formula is C18H20CfFN4O4-. The number of amides is 1. The van der Waals surface area contributed by atoms with Gasteiger partial charge in [-0.3, -0.25) is 4.90 Å². The second-order valence-corrected chi connectivity index (χ2v) is 6.19. The largest absolute Gasteiger partial charge is 0.663 e. The Labute approximate surface area is 155 Å². The summed E-state index contributed by atoms with van der Waals surface area (Å²) in [6, 6.07) is 5.24. The van der Waals surface area contributed by atoms with Gasteiger partial charge < -0.3 is 19.9 Å². The van der Waals surface area contributed by atoms with Gasteiger partial charge in [-0.25, -0.2) is 14.2 Å². The normalized spacial score (nSPS) is 18.1. The first kappa shape index (κ1) is 20.4. The fourth-order valence-corrected chi connectivity index (χ4v) is 2.79. The number of benzene rings is 1. The van der Waals surface area contributed by atoms with E-state index in [0.29, 0.717) is 11.4 Å². The number of ether oxygens (including phenoxy) is 2. The molecule has 3 atom stereocenters. The van der Waals surface area contributed by atoms with E-state index < -0.39 is 24.1 Å². The van der Waals surface area contributed by atoms with Crippen molar-refractivity contribution in [1.29, 1.82) is 0 Å². The van der Waals surface area contributed by atoms with E-state index in [9.17, 15) is 14.3 Å². The minimum absolute atomic E-state index is 0. The van der Waals surface area contributed by atoms with Gasteiger partial charge in [0.15, 0.2) is 5.82 Å². The Kier molecular flexibility index (Phi) is 5.95. The van der Waals surface area contributed by atoms with E-state index in [1.54, 1.807) is 19.1 Å². The van der Waals surface area contributed by atoms with Crippen LogP contribution in [0.3, 0.4) is 0 Å². The molecule has 0 saturated carbocycles. The van der Waals surface area contributed by atoms with Crippen molar-refractivity contribution in [2.45, 2.75) is 32.0 Å². The van der Waals surface area contributed by atoms with Gasteiger partial charge in [-0.2, -0.15) is 12.1 Å². The van der Waals surface area contributed by atoms with Crippen LogP contribution in [0.1, 0.15) is 25.5 Å². The van der Waals surface area contributed by atoms with E-state index >= 15 is 0 Å². The van der Waals surface area contributed by atoms with Gasteiger partial charge in [-0.15, -0.1) is 0 Å². The zero-order chi connectivity index (χ0) is 19.6. The molecule has 1 amide bonds. The fourth-order valence-electron chi connectivity index (χ4n) is 2.79. The van der Waals surface area contributed by atoms with Crippen LogP contribution in [0.2, 0.25) is 0 Å². The van der Waals surface area contributed by atoms with Gasteiger partial charge in [0.1, 0.15) is 24.2 Å². The van der Waals surface area contributed by atoms with Gasteiger partial charge in [0.05, 0.1) is 12.1 Å². The average molecular weight is 626 g/mol. The second kappa shape index (κ2) is 8.17. The molecule has 0 unspecified atom stereocenters. The summed E-state index contributed by atoms with van der Waals surface area (Å²) in [4.78, 5) is 21.7. The van der Waals surface area contributed by atoms with Gasteiger partial charge >= 0.3 is 6.09 Å². The van der Waals surface area contributed by atoms with Crippen LogP contribution in [0.25, 0.3) is 0 Å². The van der Waals surface area contributed by atoms with Crippen LogP contribution < -0.4 is 15.0 Å². The third-order valence-corrected chi connectivity index (χ3v) is 4.31. The molecule has 2 aromatic rings. The van der Waals surface area contributed by atoms with E-state index in [2.05, 4.69) is 27.1 Å². The van der Waals surface area contributed by atoms with E-state index in [1.165, 1.54) is 23.2 Å². The Bertz CT molecular complexity index is 839. The number of aliphatic hydroxyl groups is 1. The van der Waals surface area contributed by atoms with Gasteiger partial charge in [0, 0.05) is 6.20 Å². The van der Waals surface area contributed by atoms with Gasteiger partial charge in [0.25, 0.3) is 0 Å². The minimum Gasteiger partial charge on any atom is -0.663 e. The molecular weight excluding hydrogens is 606 g/mol. The number of carbonyl (C=O) groups is 1. The summed E-state index contributed by atoms with van der Waals surface area (Å²) in [6.45, 7) is 3.48. The van der Waals surface area contributed by atoms with Crippen LogP contribution >= 0.6 is 0 Å². The Balaban J connectivity index is 0.00000280. The molecule has 8 nitrogen and oxygen atoms in total. The number of nitrogens with zero attached hydrogens (tertiary/aromatic N) is 3. The Hall–Kier alpha value is -3.94. The number of hydrogen-bond acceptors (Lipinski definition) is 7. The summed E-state index contributed by atoms with van der Waals surface area (Å²) in [5.74, 6) is 0.0911. The van der Waals surface area contributed by atoms with Crippen molar-refractivity contribution in [2.75, 3.05) is 16.8 Å². The Morgan fingerprint density at radius 3 is 2.82 bits per heavy atom. The number of carbonyl (C=O) groups excluding carboxylic acids is 1. The van der Waals surface area contributed by atoms with Crippen molar-refractivity contribution < 1.29 is 23.8 Å². The fraction of sp³-hybridized carbons (Fsp3) is 0.333. The second-order valence-electron chi connectivity index (χ2n) is 6.19. The summed E-state index contributed by atoms with van der Waals surface area (Å²) in [7, 11) is 3.20. The molecule has 1 saturated heterocycles. The van der Waals surface area contributed by atoms with Crippen LogP contribution in [0, 0.1) is 12.9 Å². The quantitative estimate of drug-likeness (QED) is 0.477. The molecule has 0 bridgehead atoms. The number of anilines is 2. The Morgan fingerprint density at radius 2 is 2.18 bits per heavy atom. The number of aromatic nitrogens is 2. The maximum atomic E-state index is 13.9. The number of cyclic esters (lactones) is 1. The molecule has 2 N–H and O–H groups in total. The third-order valence-electron chi connectivity index (χ3n) is 4.31. The molecule has 1 aliphatic heterocycles. The zero-order valence-corrected chi connectivity index (χ0v) is 17.9. The predicted octanol–water partition coefficient (Wildman–Crippen LogP) is 2.67. The van der Waals surface area contributed by atoms with Crippen molar-refractivity contribution in [1.82, 2.24) is 9.97 Å². The molecule has 0 aliphatic carbocycles. The SMILES string of the molecule is [CH2-]Oc1ccc([C@H](C)Nc2nccc(N3C(=O)OC[C@@H]3[C@@H](C)O)n2)cc1F.[Cf]. The first-order valence-corrected chi connectivity index (χ1v) is 8.36. The van der Waals surface area contributed by atoms with E-state index in [0.717, 1.165) is 0 Å². The topological polar surface area (TPSA) is 96.8 Å². The molecule has 28 heavy (non-hydrogen) atoms. The standard InChI is InChI=1S/C18H20FN4O4.Cf/c1-10(12-4-5-15(26-3)13(19)8-12)21-17-20-7-6-16(22-17)23-14(11(2)24)9-27-18(23)25;/h4-8,10-11,14,24H,3,9H2,1-2H3,(H,20,21,22);/q-1;/t10-,11+,14+;/m0./s1. The van der Waals surface area contributed by atoms with Crippen LogP contribution in [0.5, 0.6) is 5.75 Å². The maximum Gasteiger partial charge on any atom is 0.416 e. The zero-order valence-electron chi connectivity index (χ0n) is 15.2. The smallest absolute Gasteiger partial charge is 0.416 e. The summed E-state index contributed by atoms with van der Waals surface area (Å²) in [5.41, 5.74) is 0.657. The third kappa shape index (κ3) is 3.90. The molecule has 1 aliphatic rings. The van der Waals surface area contributed by atoms with E-state index in [1.807, 2.05) is 6.92 Å². The number of rotatable bonds is 6. The van der Waals surface area contributed by atoms with Crippen LogP contribution in [-0.2, 0) is 4.74 Å². The van der Waals surface area contributed by atoms with E-state index in [-0.39, 0.29) is 24.3 Å². The molecule has 0 spiro atoms. The first-order chi connectivity index (χ1) is 12.9. The summed E-state index contributed by atoms with van der Waals surface area (Å²) in [5, 5.41) is 12.9. The number of nitrogens with one attached hydrogen (secondary N) is 1. The molecule has 1 aromatic carbocycles. The maximum absolute atomic E-state index is 13.9. The summed E-state index contributed by atoms with van der Waals surface area (Å²) < 4.78 is 23.6. The summed E-state index contributed by atoms with van der Waals surface area (Å²) in [6.07, 6.45) is 0.130. The van der Waals surface area contributed by atoms with Crippen molar-refractivity contribution in [2.24, 2.45) is 0 Å². The molecule has 1 aromatic heterocycles. The van der Waals surface area contributed by atoms with Crippen LogP contribution in [0.15, 0.2) is 30.5 Å². The van der Waals surface area contributed by atoms with Crippen molar-refractivity contribution in [3.63, 3.8) is 0 Å². The Morgan fingerprint density at radius 1 is 1.43 bits per heavy atom. The number of hydrogen-bond donors (Lipinski definition) is 2. The molecule has 154 valence electrons. The molecule has 1 fully saturated rings. The average Bonchev–Trinajstić information content (AvgIpc) is 3.03. The number of aliphatic hydroxyl groups excluding tert-OH is 1. The van der Waals surface area contributed by atoms with Gasteiger partial charge in [0.2, 0.25) is 5.95 Å². The van der Waals surface area contributed by atoms with Crippen LogP contribution in [-0.4, -0.2) is 39.9 Å². The minimum atomic E-state index is -0.779. The summed E-state index contributed by atoms with van der Waals surface area (Å²) >= 11 is 0.